The second-order valence-corrected chi connectivity index (χ2v) is 7.00. The van der Waals surface area contributed by atoms with Crippen LogP contribution in [0.15, 0.2) is 36.5 Å². The number of rotatable bonds is 5. The lowest BCUT2D eigenvalue weighted by Gasteiger charge is -2.34. The quantitative estimate of drug-likeness (QED) is 0.836. The highest BCUT2D eigenvalue weighted by atomic mass is 16.6. The normalized spacial score (nSPS) is 13.9. The van der Waals surface area contributed by atoms with Crippen molar-refractivity contribution in [1.82, 2.24) is 14.8 Å². The van der Waals surface area contributed by atoms with E-state index in [2.05, 4.69) is 36.3 Å². The molecule has 0 radical (unpaired) electrons. The molecular formula is C22H28N4O3. The van der Waals surface area contributed by atoms with Crippen LogP contribution in [0.4, 0.5) is 16.3 Å². The first kappa shape index (κ1) is 20.6. The van der Waals surface area contributed by atoms with Gasteiger partial charge in [0.25, 0.3) is 5.91 Å². The minimum Gasteiger partial charge on any atom is -0.450 e. The molecule has 0 aliphatic carbocycles. The minimum atomic E-state index is -0.319. The number of anilines is 2. The van der Waals surface area contributed by atoms with Crippen LogP contribution in [0.3, 0.4) is 0 Å². The van der Waals surface area contributed by atoms with E-state index in [-0.39, 0.29) is 12.0 Å². The van der Waals surface area contributed by atoms with Crippen molar-refractivity contribution >= 4 is 23.5 Å². The molecule has 29 heavy (non-hydrogen) atoms. The molecule has 1 aliphatic rings. The standard InChI is InChI=1S/C22H28N4O3/c1-4-17-8-6-7-16(3)20(17)24-19-15-18(9-10-23-19)21(27)25-11-13-26(14-12-25)22(28)29-5-2/h6-10,15H,4-5,11-14H2,1-3H3,(H,23,24). The molecule has 7 heteroatoms. The van der Waals surface area contributed by atoms with Gasteiger partial charge in [-0.15, -0.1) is 0 Å². The van der Waals surface area contributed by atoms with Gasteiger partial charge in [0.15, 0.2) is 0 Å². The van der Waals surface area contributed by atoms with Gasteiger partial charge in [-0.2, -0.15) is 0 Å². The highest BCUT2D eigenvalue weighted by Crippen LogP contribution is 2.25. The second-order valence-electron chi connectivity index (χ2n) is 7.00. The SMILES string of the molecule is CCOC(=O)N1CCN(C(=O)c2ccnc(Nc3c(C)cccc3CC)c2)CC1. The maximum absolute atomic E-state index is 12.9. The van der Waals surface area contributed by atoms with Crippen LogP contribution < -0.4 is 5.32 Å². The van der Waals surface area contributed by atoms with E-state index in [1.165, 1.54) is 5.56 Å². The molecule has 2 heterocycles. The molecule has 7 nitrogen and oxygen atoms in total. The first-order valence-corrected chi connectivity index (χ1v) is 10.1. The third-order valence-electron chi connectivity index (χ3n) is 5.09. The number of para-hydroxylation sites is 1. The lowest BCUT2D eigenvalue weighted by Crippen LogP contribution is -2.50. The summed E-state index contributed by atoms with van der Waals surface area (Å²) in [6.07, 6.45) is 2.24. The van der Waals surface area contributed by atoms with Crippen LogP contribution in [0.25, 0.3) is 0 Å². The van der Waals surface area contributed by atoms with Gasteiger partial charge >= 0.3 is 6.09 Å². The van der Waals surface area contributed by atoms with Crippen molar-refractivity contribution in [3.05, 3.63) is 53.2 Å². The van der Waals surface area contributed by atoms with Gasteiger partial charge in [-0.3, -0.25) is 4.79 Å². The molecule has 3 rings (SSSR count). The summed E-state index contributed by atoms with van der Waals surface area (Å²) < 4.78 is 5.03. The Labute approximate surface area is 171 Å². The Bertz CT molecular complexity index is 876. The van der Waals surface area contributed by atoms with Crippen molar-refractivity contribution in [3.63, 3.8) is 0 Å². The summed E-state index contributed by atoms with van der Waals surface area (Å²) in [5, 5.41) is 3.37. The Balaban J connectivity index is 1.69. The summed E-state index contributed by atoms with van der Waals surface area (Å²) in [5.41, 5.74) is 3.96. The van der Waals surface area contributed by atoms with Gasteiger partial charge in [0.05, 0.1) is 6.61 Å². The highest BCUT2D eigenvalue weighted by Gasteiger charge is 2.25. The monoisotopic (exact) mass is 396 g/mol. The lowest BCUT2D eigenvalue weighted by molar-refractivity contribution is 0.0570. The lowest BCUT2D eigenvalue weighted by atomic mass is 10.1. The van der Waals surface area contributed by atoms with Gasteiger partial charge in [-0.1, -0.05) is 25.1 Å². The molecule has 0 bridgehead atoms. The highest BCUT2D eigenvalue weighted by molar-refractivity contribution is 5.95. The van der Waals surface area contributed by atoms with E-state index in [1.807, 2.05) is 6.07 Å². The number of carbonyl (C=O) groups excluding carboxylic acids is 2. The number of piperazine rings is 1. The molecule has 0 spiro atoms. The number of benzene rings is 1. The van der Waals surface area contributed by atoms with Crippen LogP contribution in [0.2, 0.25) is 0 Å². The summed E-state index contributed by atoms with van der Waals surface area (Å²) in [7, 11) is 0. The van der Waals surface area contributed by atoms with E-state index in [9.17, 15) is 9.59 Å². The average molecular weight is 396 g/mol. The largest absolute Gasteiger partial charge is 0.450 e. The van der Waals surface area contributed by atoms with Gasteiger partial charge in [0.1, 0.15) is 5.82 Å². The molecule has 154 valence electrons. The zero-order chi connectivity index (χ0) is 20.8. The predicted molar refractivity (Wildman–Crippen MR) is 113 cm³/mol. The van der Waals surface area contributed by atoms with Crippen molar-refractivity contribution < 1.29 is 14.3 Å². The van der Waals surface area contributed by atoms with Gasteiger partial charge in [0.2, 0.25) is 0 Å². The fraction of sp³-hybridized carbons (Fsp3) is 0.409. The molecule has 1 aromatic carbocycles. The molecule has 1 N–H and O–H groups in total. The topological polar surface area (TPSA) is 74.8 Å². The summed E-state index contributed by atoms with van der Waals surface area (Å²) in [5.74, 6) is 0.587. The number of hydrogen-bond donors (Lipinski definition) is 1. The van der Waals surface area contributed by atoms with E-state index >= 15 is 0 Å². The van der Waals surface area contributed by atoms with E-state index in [0.29, 0.717) is 44.2 Å². The van der Waals surface area contributed by atoms with Gasteiger partial charge in [0, 0.05) is 43.6 Å². The van der Waals surface area contributed by atoms with Crippen molar-refractivity contribution in [2.24, 2.45) is 0 Å². The van der Waals surface area contributed by atoms with Crippen molar-refractivity contribution in [3.8, 4) is 0 Å². The zero-order valence-electron chi connectivity index (χ0n) is 17.3. The number of ether oxygens (including phenoxy) is 1. The van der Waals surface area contributed by atoms with Crippen molar-refractivity contribution in [1.29, 1.82) is 0 Å². The molecule has 2 aromatic rings. The summed E-state index contributed by atoms with van der Waals surface area (Å²) in [4.78, 5) is 32.5. The Kier molecular flexibility index (Phi) is 6.69. The number of aromatic nitrogens is 1. The van der Waals surface area contributed by atoms with Crippen LogP contribution in [0.5, 0.6) is 0 Å². The maximum Gasteiger partial charge on any atom is 0.409 e. The molecule has 0 atom stereocenters. The fourth-order valence-electron chi connectivity index (χ4n) is 3.45. The fourth-order valence-corrected chi connectivity index (χ4v) is 3.45. The van der Waals surface area contributed by atoms with E-state index in [0.717, 1.165) is 17.7 Å². The number of hydrogen-bond acceptors (Lipinski definition) is 5. The molecular weight excluding hydrogens is 368 g/mol. The van der Waals surface area contributed by atoms with Crippen LogP contribution in [0, 0.1) is 6.92 Å². The van der Waals surface area contributed by atoms with Crippen LogP contribution in [-0.4, -0.2) is 59.6 Å². The molecule has 0 unspecified atom stereocenters. The molecule has 1 aromatic heterocycles. The summed E-state index contributed by atoms with van der Waals surface area (Å²) in [6, 6.07) is 9.70. The molecule has 1 fully saturated rings. The summed E-state index contributed by atoms with van der Waals surface area (Å²) >= 11 is 0. The van der Waals surface area contributed by atoms with Crippen LogP contribution in [-0.2, 0) is 11.2 Å². The molecule has 2 amide bonds. The first-order valence-electron chi connectivity index (χ1n) is 10.1. The number of pyridine rings is 1. The number of nitrogens with one attached hydrogen (secondary N) is 1. The Morgan fingerprint density at radius 3 is 2.52 bits per heavy atom. The Morgan fingerprint density at radius 2 is 1.83 bits per heavy atom. The van der Waals surface area contributed by atoms with E-state index < -0.39 is 0 Å². The molecule has 0 saturated carbocycles. The number of aryl methyl sites for hydroxylation is 2. The van der Waals surface area contributed by atoms with Crippen molar-refractivity contribution in [2.75, 3.05) is 38.1 Å². The van der Waals surface area contributed by atoms with Crippen LogP contribution in [0.1, 0.15) is 35.3 Å². The molecule has 1 aliphatic heterocycles. The van der Waals surface area contributed by atoms with E-state index in [1.54, 1.807) is 35.1 Å². The predicted octanol–water partition coefficient (Wildman–Crippen LogP) is 3.61. The van der Waals surface area contributed by atoms with Crippen molar-refractivity contribution in [2.45, 2.75) is 27.2 Å². The maximum atomic E-state index is 12.9. The van der Waals surface area contributed by atoms with Gasteiger partial charge < -0.3 is 19.9 Å². The summed E-state index contributed by atoms with van der Waals surface area (Å²) in [6.45, 7) is 8.23. The second kappa shape index (κ2) is 9.41. The zero-order valence-corrected chi connectivity index (χ0v) is 17.3. The first-order chi connectivity index (χ1) is 14.0. The van der Waals surface area contributed by atoms with Crippen LogP contribution >= 0.6 is 0 Å². The third-order valence-corrected chi connectivity index (χ3v) is 5.09. The smallest absolute Gasteiger partial charge is 0.409 e. The number of amides is 2. The van der Waals surface area contributed by atoms with Gasteiger partial charge in [-0.25, -0.2) is 9.78 Å². The average Bonchev–Trinajstić information content (AvgIpc) is 2.75. The van der Waals surface area contributed by atoms with Gasteiger partial charge in [-0.05, 0) is 43.5 Å². The minimum absolute atomic E-state index is 0.0561. The Morgan fingerprint density at radius 1 is 1.10 bits per heavy atom. The number of nitrogens with zero attached hydrogens (tertiary/aromatic N) is 3. The Hall–Kier alpha value is -3.09. The third kappa shape index (κ3) is 4.85. The van der Waals surface area contributed by atoms with E-state index in [4.69, 9.17) is 4.74 Å². The molecule has 1 saturated heterocycles. The number of carbonyl (C=O) groups is 2.